The van der Waals surface area contributed by atoms with Crippen LogP contribution in [0.2, 0.25) is 0 Å². The monoisotopic (exact) mass is 778 g/mol. The second-order valence-electron chi connectivity index (χ2n) is 13.5. The lowest BCUT2D eigenvalue weighted by Crippen LogP contribution is -2.10. The van der Waals surface area contributed by atoms with Crippen molar-refractivity contribution in [3.8, 4) is 45.3 Å². The van der Waals surface area contributed by atoms with E-state index in [2.05, 4.69) is 37.3 Å². The van der Waals surface area contributed by atoms with Gasteiger partial charge in [-0.25, -0.2) is 0 Å². The van der Waals surface area contributed by atoms with Crippen LogP contribution in [0.4, 0.5) is 0 Å². The summed E-state index contributed by atoms with van der Waals surface area (Å²) in [6, 6.07) is 33.4. The van der Waals surface area contributed by atoms with Crippen molar-refractivity contribution >= 4 is 33.4 Å². The van der Waals surface area contributed by atoms with E-state index in [1.165, 1.54) is 0 Å². The van der Waals surface area contributed by atoms with Crippen molar-refractivity contribution in [3.05, 3.63) is 142 Å². The molecule has 6 aromatic rings. The predicted molar refractivity (Wildman–Crippen MR) is 212 cm³/mol. The third kappa shape index (κ3) is 7.32. The molecule has 0 radical (unpaired) electrons. The van der Waals surface area contributed by atoms with Gasteiger partial charge in [-0.15, -0.1) is 0 Å². The molecule has 5 nitrogen and oxygen atoms in total. The molecule has 5 N–H and O–H groups in total. The quantitative estimate of drug-likeness (QED) is 0.0542. The number of aliphatic hydroxyl groups is 1. The number of halogens is 1. The van der Waals surface area contributed by atoms with Gasteiger partial charge in [0.1, 0.15) is 27.1 Å². The van der Waals surface area contributed by atoms with Crippen LogP contribution in [0.15, 0.2) is 103 Å². The van der Waals surface area contributed by atoms with E-state index in [9.17, 15) is 25.5 Å². The van der Waals surface area contributed by atoms with Gasteiger partial charge in [-0.1, -0.05) is 90.5 Å². The average molecular weight is 779 g/mol. The number of alkyl halides is 1. The van der Waals surface area contributed by atoms with Crippen molar-refractivity contribution < 1.29 is 25.5 Å². The average Bonchev–Trinajstić information content (AvgIpc) is 3.09. The summed E-state index contributed by atoms with van der Waals surface area (Å²) in [7, 11) is 0. The fourth-order valence-corrected chi connectivity index (χ4v) is 7.76. The van der Waals surface area contributed by atoms with Crippen LogP contribution < -0.4 is 0 Å². The zero-order valence-electron chi connectivity index (χ0n) is 28.8. The molecule has 0 bridgehead atoms. The van der Waals surface area contributed by atoms with Crippen LogP contribution in [0, 0.1) is 26.7 Å². The summed E-state index contributed by atoms with van der Waals surface area (Å²) < 4.78 is -0.450. The first-order valence-electron chi connectivity index (χ1n) is 17.0. The van der Waals surface area contributed by atoms with Gasteiger partial charge in [0, 0.05) is 17.0 Å². The Kier molecular flexibility index (Phi) is 10.4. The summed E-state index contributed by atoms with van der Waals surface area (Å²) >= 11 is 2.03. The Balaban J connectivity index is 1.56. The minimum absolute atomic E-state index is 0.149. The highest BCUT2D eigenvalue weighted by molar-refractivity contribution is 14.1. The third-order valence-electron chi connectivity index (χ3n) is 9.95. The van der Waals surface area contributed by atoms with E-state index in [1.54, 1.807) is 12.1 Å². The lowest BCUT2D eigenvalue weighted by Gasteiger charge is -2.25. The smallest absolute Gasteiger partial charge is 0.122 e. The van der Waals surface area contributed by atoms with E-state index in [4.69, 9.17) is 0 Å². The van der Waals surface area contributed by atoms with Crippen LogP contribution in [-0.2, 0) is 6.42 Å². The first-order valence-corrected chi connectivity index (χ1v) is 18.3. The number of aliphatic hydroxyl groups excluding tert-OH is 1. The highest BCUT2D eigenvalue weighted by atomic mass is 127. The van der Waals surface area contributed by atoms with E-state index >= 15 is 0 Å². The molecular formula is C44H43IO5. The van der Waals surface area contributed by atoms with Crippen molar-refractivity contribution in [2.24, 2.45) is 5.92 Å². The maximum absolute atomic E-state index is 11.8. The second-order valence-corrected chi connectivity index (χ2v) is 14.9. The molecule has 3 unspecified atom stereocenters. The molecule has 0 saturated carbocycles. The molecule has 0 aliphatic rings. The number of fused-ring (bicyclic) bond motifs is 1. The number of hydrogen-bond acceptors (Lipinski definition) is 5. The fourth-order valence-electron chi connectivity index (χ4n) is 7.05. The number of benzene rings is 6. The Bertz CT molecular complexity index is 2190. The minimum Gasteiger partial charge on any atom is -0.508 e. The molecule has 256 valence electrons. The number of aryl methyl sites for hydroxylation is 3. The number of phenolic OH excluding ortho intramolecular Hbond substituents is 4. The van der Waals surface area contributed by atoms with Gasteiger partial charge in [-0.05, 0) is 149 Å². The number of phenols is 4. The fraction of sp³-hybridized carbons (Fsp3) is 0.227. The maximum Gasteiger partial charge on any atom is 0.122 e. The molecule has 6 aromatic carbocycles. The summed E-state index contributed by atoms with van der Waals surface area (Å²) in [5, 5.41) is 56.9. The Morgan fingerprint density at radius 1 is 0.580 bits per heavy atom. The topological polar surface area (TPSA) is 101 Å². The molecule has 0 heterocycles. The molecule has 3 atom stereocenters. The van der Waals surface area contributed by atoms with E-state index in [-0.39, 0.29) is 28.9 Å². The largest absolute Gasteiger partial charge is 0.508 e. The molecular weight excluding hydrogens is 735 g/mol. The molecule has 6 heteroatoms. The minimum atomic E-state index is -0.540. The Morgan fingerprint density at radius 2 is 1.14 bits per heavy atom. The van der Waals surface area contributed by atoms with Crippen molar-refractivity contribution in [1.29, 1.82) is 0 Å². The molecule has 6 rings (SSSR count). The lowest BCUT2D eigenvalue weighted by molar-refractivity contribution is 0.235. The molecule has 0 aliphatic heterocycles. The van der Waals surface area contributed by atoms with E-state index < -0.39 is 10.0 Å². The van der Waals surface area contributed by atoms with Crippen molar-refractivity contribution in [1.82, 2.24) is 0 Å². The van der Waals surface area contributed by atoms with Gasteiger partial charge in [0.15, 0.2) is 0 Å². The van der Waals surface area contributed by atoms with Crippen LogP contribution >= 0.6 is 22.6 Å². The summed E-state index contributed by atoms with van der Waals surface area (Å²) in [4.78, 5) is 0. The molecule has 0 saturated heterocycles. The summed E-state index contributed by atoms with van der Waals surface area (Å²) in [6.07, 6.45) is 2.16. The van der Waals surface area contributed by atoms with Crippen molar-refractivity contribution in [2.45, 2.75) is 57.0 Å². The van der Waals surface area contributed by atoms with Crippen LogP contribution in [0.25, 0.3) is 33.0 Å². The first kappa shape index (κ1) is 35.3. The third-order valence-corrected chi connectivity index (χ3v) is 10.5. The van der Waals surface area contributed by atoms with Crippen LogP contribution in [0.1, 0.15) is 64.6 Å². The molecule has 0 amide bonds. The zero-order chi connectivity index (χ0) is 35.7. The second kappa shape index (κ2) is 14.8. The maximum atomic E-state index is 11.8. The number of hydrogen-bond donors (Lipinski definition) is 5. The lowest BCUT2D eigenvalue weighted by atomic mass is 9.80. The van der Waals surface area contributed by atoms with Gasteiger partial charge < -0.3 is 25.5 Å². The summed E-state index contributed by atoms with van der Waals surface area (Å²) in [5.41, 5.74) is 8.77. The summed E-state index contributed by atoms with van der Waals surface area (Å²) in [5.74, 6) is 0.424. The number of aromatic hydroxyl groups is 4. The highest BCUT2D eigenvalue weighted by Crippen LogP contribution is 2.46. The highest BCUT2D eigenvalue weighted by Gasteiger charge is 2.27. The van der Waals surface area contributed by atoms with E-state index in [1.807, 2.05) is 104 Å². The van der Waals surface area contributed by atoms with Crippen molar-refractivity contribution in [3.63, 3.8) is 0 Å². The Hall–Kier alpha value is -4.53. The van der Waals surface area contributed by atoms with Crippen LogP contribution in [-0.4, -0.2) is 29.6 Å². The zero-order valence-corrected chi connectivity index (χ0v) is 30.9. The first-order chi connectivity index (χ1) is 23.9. The molecule has 0 aliphatic carbocycles. The van der Waals surface area contributed by atoms with Crippen LogP contribution in [0.5, 0.6) is 23.0 Å². The molecule has 0 aromatic heterocycles. The molecule has 50 heavy (non-hydrogen) atoms. The van der Waals surface area contributed by atoms with Crippen molar-refractivity contribution in [2.75, 3.05) is 0 Å². The standard InChI is InChI=1S/C44H43IO5/c1-5-28(20-41(45)48)19-36-22-32(13-15-40(36)47)35-18-27(4)44(50)38(24-35)42(33-11-10-29-8-6-7-9-30(29)21-33)37-23-34(17-26(3)43(37)49)31-12-14-39(46)25(2)16-31/h6-18,21-24,28,41-42,46-50H,5,19-20H2,1-4H3. The van der Waals surface area contributed by atoms with Gasteiger partial charge in [0.05, 0.1) is 0 Å². The molecule has 0 fully saturated rings. The predicted octanol–water partition coefficient (Wildman–Crippen LogP) is 10.8. The van der Waals surface area contributed by atoms with Gasteiger partial charge in [0.2, 0.25) is 0 Å². The normalized spacial score (nSPS) is 13.3. The molecule has 0 spiro atoms. The van der Waals surface area contributed by atoms with Gasteiger partial charge in [-0.2, -0.15) is 0 Å². The Labute approximate surface area is 307 Å². The SMILES string of the molecule is CCC(Cc1cc(-c2cc(C)c(O)c(C(c3ccc4ccccc4c3)c3cc(-c4ccc(O)c(C)c4)cc(C)c3O)c2)ccc1O)CC(O)I. The van der Waals surface area contributed by atoms with Crippen LogP contribution in [0.3, 0.4) is 0 Å². The van der Waals surface area contributed by atoms with Gasteiger partial charge >= 0.3 is 0 Å². The Morgan fingerprint density at radius 3 is 1.72 bits per heavy atom. The summed E-state index contributed by atoms with van der Waals surface area (Å²) in [6.45, 7) is 7.73. The number of rotatable bonds is 10. The van der Waals surface area contributed by atoms with E-state index in [0.29, 0.717) is 35.1 Å². The van der Waals surface area contributed by atoms with Gasteiger partial charge in [-0.3, -0.25) is 0 Å². The van der Waals surface area contributed by atoms with Gasteiger partial charge in [0.25, 0.3) is 0 Å². The van der Waals surface area contributed by atoms with E-state index in [0.717, 1.165) is 56.1 Å².